The number of nitrogens with zero attached hydrogens (tertiary/aromatic N) is 2. The van der Waals surface area contributed by atoms with Gasteiger partial charge in [-0.15, -0.1) is 0 Å². The summed E-state index contributed by atoms with van der Waals surface area (Å²) in [6.45, 7) is 2.68. The molecule has 1 unspecified atom stereocenters. The second-order valence-electron chi connectivity index (χ2n) is 6.26. The van der Waals surface area contributed by atoms with Crippen LogP contribution >= 0.6 is 11.6 Å². The predicted octanol–water partition coefficient (Wildman–Crippen LogP) is 3.68. The van der Waals surface area contributed by atoms with Crippen molar-refractivity contribution in [3.8, 4) is 11.3 Å². The first kappa shape index (κ1) is 19.1. The highest BCUT2D eigenvalue weighted by atomic mass is 35.5. The summed E-state index contributed by atoms with van der Waals surface area (Å²) in [6, 6.07) is 16.8. The van der Waals surface area contributed by atoms with E-state index >= 15 is 0 Å². The minimum atomic E-state index is -0.722. The largest absolute Gasteiger partial charge is 0.465 e. The van der Waals surface area contributed by atoms with Crippen LogP contribution in [0.25, 0.3) is 11.3 Å². The van der Waals surface area contributed by atoms with E-state index in [0.29, 0.717) is 24.6 Å². The average molecular weight is 384 g/mol. The van der Waals surface area contributed by atoms with Gasteiger partial charge >= 0.3 is 5.97 Å². The van der Waals surface area contributed by atoms with Gasteiger partial charge in [0.15, 0.2) is 0 Å². The molecule has 0 saturated carbocycles. The molecule has 6 heteroatoms. The Bertz CT molecular complexity index is 892. The van der Waals surface area contributed by atoms with Crippen molar-refractivity contribution in [3.05, 3.63) is 76.9 Å². The van der Waals surface area contributed by atoms with Gasteiger partial charge in [-0.2, -0.15) is 5.10 Å². The minimum Gasteiger partial charge on any atom is -0.465 e. The molecule has 1 heterocycles. The number of rotatable bonds is 7. The van der Waals surface area contributed by atoms with Crippen LogP contribution in [-0.2, 0) is 22.5 Å². The van der Waals surface area contributed by atoms with Crippen molar-refractivity contribution in [3.63, 3.8) is 0 Å². The first-order chi connectivity index (χ1) is 13.1. The summed E-state index contributed by atoms with van der Waals surface area (Å²) in [5, 5.41) is 5.43. The second kappa shape index (κ2) is 8.84. The van der Waals surface area contributed by atoms with Crippen LogP contribution in [0.2, 0.25) is 5.02 Å². The fraction of sp³-hybridized carbons (Fsp3) is 0.238. The molecule has 0 radical (unpaired) electrons. The number of carbonyl (C=O) groups excluding carboxylic acids is 1. The van der Waals surface area contributed by atoms with Gasteiger partial charge in [0.2, 0.25) is 0 Å². The van der Waals surface area contributed by atoms with Crippen LogP contribution in [0.5, 0.6) is 0 Å². The van der Waals surface area contributed by atoms with E-state index in [1.807, 2.05) is 65.5 Å². The molecule has 1 aromatic heterocycles. The Morgan fingerprint density at radius 1 is 1.19 bits per heavy atom. The molecule has 27 heavy (non-hydrogen) atoms. The molecule has 0 fully saturated rings. The van der Waals surface area contributed by atoms with Gasteiger partial charge in [0.1, 0.15) is 6.04 Å². The molecule has 5 nitrogen and oxygen atoms in total. The monoisotopic (exact) mass is 383 g/mol. The van der Waals surface area contributed by atoms with Gasteiger partial charge in [0.25, 0.3) is 0 Å². The highest BCUT2D eigenvalue weighted by Crippen LogP contribution is 2.24. The Kier molecular flexibility index (Phi) is 6.27. The molecular formula is C21H22ClN3O2. The van der Waals surface area contributed by atoms with Crippen molar-refractivity contribution in [2.24, 2.45) is 5.73 Å². The van der Waals surface area contributed by atoms with Crippen molar-refractivity contribution < 1.29 is 9.53 Å². The van der Waals surface area contributed by atoms with E-state index in [-0.39, 0.29) is 0 Å². The van der Waals surface area contributed by atoms with Gasteiger partial charge < -0.3 is 10.5 Å². The Balaban J connectivity index is 1.89. The minimum absolute atomic E-state index is 0.313. The molecule has 2 N–H and O–H groups in total. The normalized spacial score (nSPS) is 12.0. The summed E-state index contributed by atoms with van der Waals surface area (Å²) in [5.74, 6) is -0.401. The maximum atomic E-state index is 11.9. The molecule has 0 bridgehead atoms. The number of aromatic nitrogens is 2. The summed E-state index contributed by atoms with van der Waals surface area (Å²) < 4.78 is 6.89. The van der Waals surface area contributed by atoms with Crippen LogP contribution in [0.1, 0.15) is 18.1 Å². The predicted molar refractivity (Wildman–Crippen MR) is 107 cm³/mol. The zero-order chi connectivity index (χ0) is 19.2. The van der Waals surface area contributed by atoms with Crippen molar-refractivity contribution in [2.75, 3.05) is 6.61 Å². The smallest absolute Gasteiger partial charge is 0.323 e. The van der Waals surface area contributed by atoms with Crippen LogP contribution in [0.15, 0.2) is 60.8 Å². The number of nitrogens with two attached hydrogens (primary N) is 1. The van der Waals surface area contributed by atoms with E-state index in [4.69, 9.17) is 27.2 Å². The van der Waals surface area contributed by atoms with Crippen molar-refractivity contribution in [1.29, 1.82) is 0 Å². The maximum Gasteiger partial charge on any atom is 0.323 e. The van der Waals surface area contributed by atoms with Crippen molar-refractivity contribution >= 4 is 17.6 Å². The van der Waals surface area contributed by atoms with Gasteiger partial charge in [-0.05, 0) is 24.6 Å². The summed E-state index contributed by atoms with van der Waals surface area (Å²) in [7, 11) is 0. The second-order valence-corrected chi connectivity index (χ2v) is 6.69. The number of hydrogen-bond acceptors (Lipinski definition) is 4. The number of carbonyl (C=O) groups is 1. The Labute approximate surface area is 163 Å². The number of ether oxygens (including phenoxy) is 1. The van der Waals surface area contributed by atoms with E-state index in [1.54, 1.807) is 6.92 Å². The molecule has 1 atom stereocenters. The molecule has 3 aromatic rings. The molecule has 0 aliphatic rings. The number of benzene rings is 2. The fourth-order valence-electron chi connectivity index (χ4n) is 2.88. The first-order valence-electron chi connectivity index (χ1n) is 8.85. The highest BCUT2D eigenvalue weighted by molar-refractivity contribution is 6.30. The quantitative estimate of drug-likeness (QED) is 0.632. The molecule has 3 rings (SSSR count). The summed E-state index contributed by atoms with van der Waals surface area (Å²) in [5.41, 5.74) is 9.84. The highest BCUT2D eigenvalue weighted by Gasteiger charge is 2.20. The molecule has 0 spiro atoms. The third kappa shape index (κ3) is 4.96. The number of hydrogen-bond donors (Lipinski definition) is 1. The van der Waals surface area contributed by atoms with Gasteiger partial charge in [0, 0.05) is 28.8 Å². The molecule has 140 valence electrons. The zero-order valence-corrected chi connectivity index (χ0v) is 15.9. The Hall–Kier alpha value is -2.63. The SMILES string of the molecule is CCOC(=O)C(N)Cc1cn(Cc2ccc(Cl)cc2)nc1-c1ccccc1. The van der Waals surface area contributed by atoms with Gasteiger partial charge in [-0.25, -0.2) is 0 Å². The lowest BCUT2D eigenvalue weighted by atomic mass is 10.0. The zero-order valence-electron chi connectivity index (χ0n) is 15.1. The van der Waals surface area contributed by atoms with Gasteiger partial charge in [-0.1, -0.05) is 54.1 Å². The van der Waals surface area contributed by atoms with Gasteiger partial charge in [-0.3, -0.25) is 9.48 Å². The molecule has 2 aromatic carbocycles. The van der Waals surface area contributed by atoms with Crippen molar-refractivity contribution in [2.45, 2.75) is 25.9 Å². The lowest BCUT2D eigenvalue weighted by molar-refractivity contribution is -0.144. The summed E-state index contributed by atoms with van der Waals surface area (Å²) in [4.78, 5) is 11.9. The van der Waals surface area contributed by atoms with Gasteiger partial charge in [0.05, 0.1) is 18.8 Å². The number of esters is 1. The topological polar surface area (TPSA) is 70.1 Å². The third-order valence-electron chi connectivity index (χ3n) is 4.17. The average Bonchev–Trinajstić information content (AvgIpc) is 3.06. The maximum absolute atomic E-state index is 11.9. The summed E-state index contributed by atoms with van der Waals surface area (Å²) >= 11 is 5.96. The molecule has 0 aliphatic carbocycles. The van der Waals surface area contributed by atoms with Crippen LogP contribution in [0, 0.1) is 0 Å². The van der Waals surface area contributed by atoms with Crippen LogP contribution in [0.4, 0.5) is 0 Å². The van der Waals surface area contributed by atoms with E-state index in [0.717, 1.165) is 22.4 Å². The standard InChI is InChI=1S/C21H22ClN3O2/c1-2-27-21(26)19(23)12-17-14-25(13-15-8-10-18(22)11-9-15)24-20(17)16-6-4-3-5-7-16/h3-11,14,19H,2,12-13,23H2,1H3. The molecule has 0 amide bonds. The van der Waals surface area contributed by atoms with E-state index < -0.39 is 12.0 Å². The molecular weight excluding hydrogens is 362 g/mol. The van der Waals surface area contributed by atoms with Crippen LogP contribution in [0.3, 0.4) is 0 Å². The Morgan fingerprint density at radius 2 is 1.89 bits per heavy atom. The molecule has 0 aliphatic heterocycles. The van der Waals surface area contributed by atoms with E-state index in [2.05, 4.69) is 0 Å². The van der Waals surface area contributed by atoms with Crippen LogP contribution < -0.4 is 5.73 Å². The lowest BCUT2D eigenvalue weighted by Crippen LogP contribution is -2.34. The Morgan fingerprint density at radius 3 is 2.56 bits per heavy atom. The third-order valence-corrected chi connectivity index (χ3v) is 4.42. The van der Waals surface area contributed by atoms with Crippen LogP contribution in [-0.4, -0.2) is 28.4 Å². The lowest BCUT2D eigenvalue weighted by Gasteiger charge is -2.10. The van der Waals surface area contributed by atoms with E-state index in [1.165, 1.54) is 0 Å². The van der Waals surface area contributed by atoms with Crippen molar-refractivity contribution in [1.82, 2.24) is 9.78 Å². The fourth-order valence-corrected chi connectivity index (χ4v) is 3.00. The molecule has 0 saturated heterocycles. The first-order valence-corrected chi connectivity index (χ1v) is 9.23. The van der Waals surface area contributed by atoms with E-state index in [9.17, 15) is 4.79 Å². The summed E-state index contributed by atoms with van der Waals surface area (Å²) in [6.07, 6.45) is 2.31. The number of halogens is 1.